The summed E-state index contributed by atoms with van der Waals surface area (Å²) in [6, 6.07) is 2.69. The molecule has 1 aromatic carbocycles. The van der Waals surface area contributed by atoms with Crippen molar-refractivity contribution in [3.8, 4) is 0 Å². The van der Waals surface area contributed by atoms with E-state index in [0.29, 0.717) is 0 Å². The first-order valence-electron chi connectivity index (χ1n) is 6.93. The largest absolute Gasteiger partial charge is 0.478 e. The van der Waals surface area contributed by atoms with Crippen molar-refractivity contribution in [3.05, 3.63) is 27.7 Å². The van der Waals surface area contributed by atoms with Crippen LogP contribution in [0, 0.1) is 5.92 Å². The van der Waals surface area contributed by atoms with Crippen molar-refractivity contribution >= 4 is 40.8 Å². The summed E-state index contributed by atoms with van der Waals surface area (Å²) in [5, 5.41) is 12.2. The van der Waals surface area contributed by atoms with Crippen LogP contribution in [0.5, 0.6) is 0 Å². The van der Waals surface area contributed by atoms with E-state index in [1.807, 2.05) is 13.8 Å². The number of carbonyl (C=O) groups is 2. The summed E-state index contributed by atoms with van der Waals surface area (Å²) >= 11 is 11.8. The van der Waals surface area contributed by atoms with Crippen molar-refractivity contribution in [1.82, 2.24) is 0 Å². The average molecular weight is 332 g/mol. The first-order chi connectivity index (χ1) is 9.90. The van der Waals surface area contributed by atoms with E-state index < -0.39 is 5.97 Å². The van der Waals surface area contributed by atoms with Gasteiger partial charge in [-0.25, -0.2) is 4.79 Å². The van der Waals surface area contributed by atoms with Gasteiger partial charge in [-0.2, -0.15) is 0 Å². The molecule has 0 saturated heterocycles. The fourth-order valence-electron chi connectivity index (χ4n) is 2.20. The number of carbonyl (C=O) groups excluding carboxylic acids is 1. The minimum absolute atomic E-state index is 0.104. The van der Waals surface area contributed by atoms with Gasteiger partial charge in [-0.3, -0.25) is 4.79 Å². The van der Waals surface area contributed by atoms with Crippen molar-refractivity contribution in [2.45, 2.75) is 39.5 Å². The molecular formula is C15H19Cl2NO3. The zero-order valence-corrected chi connectivity index (χ0v) is 13.6. The number of anilines is 1. The fourth-order valence-corrected chi connectivity index (χ4v) is 2.74. The lowest BCUT2D eigenvalue weighted by Gasteiger charge is -2.17. The number of nitrogens with one attached hydrogen (secondary N) is 1. The van der Waals surface area contributed by atoms with Gasteiger partial charge in [0.2, 0.25) is 5.91 Å². The second kappa shape index (κ2) is 8.25. The third kappa shape index (κ3) is 4.90. The monoisotopic (exact) mass is 331 g/mol. The highest BCUT2D eigenvalue weighted by molar-refractivity contribution is 6.37. The Balaban J connectivity index is 3.06. The maximum atomic E-state index is 12.3. The Bertz CT molecular complexity index is 526. The molecule has 0 bridgehead atoms. The van der Waals surface area contributed by atoms with Crippen LogP contribution in [-0.2, 0) is 4.79 Å². The van der Waals surface area contributed by atoms with Crippen LogP contribution >= 0.6 is 23.2 Å². The van der Waals surface area contributed by atoms with Gasteiger partial charge < -0.3 is 10.4 Å². The van der Waals surface area contributed by atoms with Gasteiger partial charge in [-0.15, -0.1) is 0 Å². The number of hydrogen-bond acceptors (Lipinski definition) is 2. The summed E-state index contributed by atoms with van der Waals surface area (Å²) in [4.78, 5) is 23.6. The quantitative estimate of drug-likeness (QED) is 0.750. The Labute approximate surface area is 134 Å². The molecule has 6 heteroatoms. The van der Waals surface area contributed by atoms with Crippen molar-refractivity contribution in [1.29, 1.82) is 0 Å². The van der Waals surface area contributed by atoms with Gasteiger partial charge in [-0.05, 0) is 25.0 Å². The number of amides is 1. The number of rotatable bonds is 7. The summed E-state index contributed by atoms with van der Waals surface area (Å²) < 4.78 is 0. The Hall–Kier alpha value is -1.26. The second-order valence-electron chi connectivity index (χ2n) is 4.88. The molecule has 0 fully saturated rings. The molecule has 0 aliphatic heterocycles. The smallest absolute Gasteiger partial charge is 0.337 e. The van der Waals surface area contributed by atoms with Crippen LogP contribution in [0.3, 0.4) is 0 Å². The van der Waals surface area contributed by atoms with E-state index >= 15 is 0 Å². The minimum atomic E-state index is -1.18. The van der Waals surface area contributed by atoms with Crippen LogP contribution in [-0.4, -0.2) is 17.0 Å². The molecule has 21 heavy (non-hydrogen) atoms. The SMILES string of the molecule is CCCC(CCC)C(=O)Nc1c(Cl)cc(Cl)cc1C(=O)O. The molecule has 1 amide bonds. The standard InChI is InChI=1S/C15H19Cl2NO3/c1-3-5-9(6-4-2)14(19)18-13-11(15(20)21)7-10(16)8-12(13)17/h7-9H,3-6H2,1-2H3,(H,18,19)(H,20,21). The second-order valence-corrected chi connectivity index (χ2v) is 5.72. The maximum Gasteiger partial charge on any atom is 0.337 e. The minimum Gasteiger partial charge on any atom is -0.478 e. The average Bonchev–Trinajstić information content (AvgIpc) is 2.40. The van der Waals surface area contributed by atoms with E-state index in [2.05, 4.69) is 5.32 Å². The van der Waals surface area contributed by atoms with Gasteiger partial charge in [0.25, 0.3) is 0 Å². The van der Waals surface area contributed by atoms with E-state index in [1.165, 1.54) is 12.1 Å². The van der Waals surface area contributed by atoms with Gasteiger partial charge in [0.05, 0.1) is 16.3 Å². The zero-order chi connectivity index (χ0) is 16.0. The third-order valence-corrected chi connectivity index (χ3v) is 3.69. The predicted octanol–water partition coefficient (Wildman–Crippen LogP) is 4.85. The lowest BCUT2D eigenvalue weighted by atomic mass is 9.97. The van der Waals surface area contributed by atoms with E-state index in [1.54, 1.807) is 0 Å². The number of aromatic carboxylic acids is 1. The molecular weight excluding hydrogens is 313 g/mol. The van der Waals surface area contributed by atoms with Gasteiger partial charge in [0.1, 0.15) is 0 Å². The molecule has 0 spiro atoms. The van der Waals surface area contributed by atoms with E-state index in [9.17, 15) is 14.7 Å². The topological polar surface area (TPSA) is 66.4 Å². The molecule has 1 rings (SSSR count). The Kier molecular flexibility index (Phi) is 6.99. The molecule has 0 atom stereocenters. The lowest BCUT2D eigenvalue weighted by molar-refractivity contribution is -0.120. The van der Waals surface area contributed by atoms with Gasteiger partial charge in [-0.1, -0.05) is 49.9 Å². The van der Waals surface area contributed by atoms with Crippen LogP contribution in [0.1, 0.15) is 49.9 Å². The van der Waals surface area contributed by atoms with E-state index in [-0.39, 0.29) is 33.1 Å². The molecule has 0 unspecified atom stereocenters. The summed E-state index contributed by atoms with van der Waals surface area (Å²) in [6.45, 7) is 4.02. The Morgan fingerprint density at radius 1 is 1.19 bits per heavy atom. The van der Waals surface area contributed by atoms with Gasteiger partial charge in [0, 0.05) is 10.9 Å². The summed E-state index contributed by atoms with van der Waals surface area (Å²) in [7, 11) is 0. The zero-order valence-electron chi connectivity index (χ0n) is 12.1. The highest BCUT2D eigenvalue weighted by Crippen LogP contribution is 2.31. The molecule has 0 saturated carbocycles. The molecule has 4 nitrogen and oxygen atoms in total. The van der Waals surface area contributed by atoms with Gasteiger partial charge in [0.15, 0.2) is 0 Å². The van der Waals surface area contributed by atoms with Crippen LogP contribution in [0.15, 0.2) is 12.1 Å². The van der Waals surface area contributed by atoms with Crippen LogP contribution in [0.25, 0.3) is 0 Å². The molecule has 0 heterocycles. The summed E-state index contributed by atoms with van der Waals surface area (Å²) in [5.74, 6) is -1.53. The van der Waals surface area contributed by atoms with Crippen LogP contribution in [0.4, 0.5) is 5.69 Å². The Morgan fingerprint density at radius 2 is 1.76 bits per heavy atom. The van der Waals surface area contributed by atoms with Gasteiger partial charge >= 0.3 is 5.97 Å². The van der Waals surface area contributed by atoms with Crippen LogP contribution < -0.4 is 5.32 Å². The third-order valence-electron chi connectivity index (χ3n) is 3.18. The summed E-state index contributed by atoms with van der Waals surface area (Å²) in [6.07, 6.45) is 3.29. The number of hydrogen-bond donors (Lipinski definition) is 2. The molecule has 0 aromatic heterocycles. The molecule has 2 N–H and O–H groups in total. The number of carboxylic acid groups (broad SMARTS) is 1. The van der Waals surface area contributed by atoms with E-state index in [4.69, 9.17) is 23.2 Å². The predicted molar refractivity (Wildman–Crippen MR) is 85.4 cm³/mol. The molecule has 0 aliphatic rings. The van der Waals surface area contributed by atoms with Crippen molar-refractivity contribution in [2.75, 3.05) is 5.32 Å². The maximum absolute atomic E-state index is 12.3. The van der Waals surface area contributed by atoms with E-state index in [0.717, 1.165) is 25.7 Å². The first kappa shape index (κ1) is 17.8. The number of carboxylic acids is 1. The molecule has 0 radical (unpaired) electrons. The number of benzene rings is 1. The normalized spacial score (nSPS) is 10.7. The molecule has 0 aliphatic carbocycles. The highest BCUT2D eigenvalue weighted by atomic mass is 35.5. The lowest BCUT2D eigenvalue weighted by Crippen LogP contribution is -2.24. The first-order valence-corrected chi connectivity index (χ1v) is 7.69. The highest BCUT2D eigenvalue weighted by Gasteiger charge is 2.21. The Morgan fingerprint density at radius 3 is 2.24 bits per heavy atom. The van der Waals surface area contributed by atoms with Crippen LogP contribution in [0.2, 0.25) is 10.0 Å². The van der Waals surface area contributed by atoms with Crippen molar-refractivity contribution < 1.29 is 14.7 Å². The van der Waals surface area contributed by atoms with Crippen molar-refractivity contribution in [2.24, 2.45) is 5.92 Å². The fraction of sp³-hybridized carbons (Fsp3) is 0.467. The molecule has 1 aromatic rings. The summed E-state index contributed by atoms with van der Waals surface area (Å²) in [5.41, 5.74) is 0.00312. The molecule has 116 valence electrons. The number of halogens is 2. The van der Waals surface area contributed by atoms with Crippen molar-refractivity contribution in [3.63, 3.8) is 0 Å².